The second kappa shape index (κ2) is 9.93. The number of nitrogens with two attached hydrogens (primary N) is 1. The van der Waals surface area contributed by atoms with Gasteiger partial charge in [-0.3, -0.25) is 4.79 Å². The number of fused-ring (bicyclic) bond motifs is 1. The summed E-state index contributed by atoms with van der Waals surface area (Å²) in [6, 6.07) is 2.88. The molecule has 1 aliphatic heterocycles. The first kappa shape index (κ1) is 29.2. The van der Waals surface area contributed by atoms with Crippen molar-refractivity contribution in [2.45, 2.75) is 78.1 Å². The lowest BCUT2D eigenvalue weighted by Crippen LogP contribution is -2.63. The molecule has 10 heteroatoms. The van der Waals surface area contributed by atoms with Crippen LogP contribution in [0.15, 0.2) is 24.8 Å². The molecule has 0 radical (unpaired) electrons. The van der Waals surface area contributed by atoms with Gasteiger partial charge in [0.05, 0.1) is 12.2 Å². The molecule has 10 atom stereocenters. The second-order valence-electron chi connectivity index (χ2n) is 13.2. The first-order chi connectivity index (χ1) is 18.8. The Hall–Kier alpha value is -2.27. The maximum atomic E-state index is 15.8. The number of aliphatic carboxylic acids is 1. The molecule has 40 heavy (non-hydrogen) atoms. The predicted molar refractivity (Wildman–Crippen MR) is 147 cm³/mol. The zero-order valence-electron chi connectivity index (χ0n) is 23.7. The molecule has 5 rings (SSSR count). The lowest BCUT2D eigenvalue weighted by Gasteiger charge is -2.63. The molecule has 218 valence electrons. The Balaban J connectivity index is 1.66. The second-order valence-corrected chi connectivity index (χ2v) is 13.2. The van der Waals surface area contributed by atoms with Crippen molar-refractivity contribution in [1.29, 1.82) is 0 Å². The highest BCUT2D eigenvalue weighted by Crippen LogP contribution is 2.69. The van der Waals surface area contributed by atoms with E-state index < -0.39 is 65.3 Å². The van der Waals surface area contributed by atoms with Gasteiger partial charge in [-0.15, -0.1) is 6.58 Å². The molecular formula is C30H41BFNO7. The minimum Gasteiger partial charge on any atom is -0.478 e. The maximum Gasteiger partial charge on any atom is 0.495 e. The molecule has 8 nitrogen and oxygen atoms in total. The van der Waals surface area contributed by atoms with Gasteiger partial charge in [-0.1, -0.05) is 39.8 Å². The SMILES string of the molecule is C=C[C@]1(C)C[C@@H](C(Oc2ccc3c(c2F)B(O)OC3CN)C(=O)O)[C@]2(C)[C@@H]3C(=O)CC[C@@]3(CC[C@@H]2C)[C@@H](C)[C@@H]1O. The van der Waals surface area contributed by atoms with Crippen molar-refractivity contribution in [2.75, 3.05) is 6.54 Å². The van der Waals surface area contributed by atoms with E-state index in [9.17, 15) is 24.8 Å². The van der Waals surface area contributed by atoms with E-state index in [1.807, 2.05) is 20.8 Å². The number of hydrogen-bond acceptors (Lipinski definition) is 7. The molecule has 5 N–H and O–H groups in total. The topological polar surface area (TPSA) is 139 Å². The summed E-state index contributed by atoms with van der Waals surface area (Å²) in [5, 5.41) is 32.7. The van der Waals surface area contributed by atoms with Gasteiger partial charge in [0.25, 0.3) is 0 Å². The quantitative estimate of drug-likeness (QED) is 0.309. The highest BCUT2D eigenvalue weighted by Gasteiger charge is 2.69. The summed E-state index contributed by atoms with van der Waals surface area (Å²) in [5.74, 6) is -3.84. The molecule has 3 saturated carbocycles. The van der Waals surface area contributed by atoms with Crippen LogP contribution in [0.3, 0.4) is 0 Å². The molecule has 0 amide bonds. The Bertz CT molecular complexity index is 1230. The van der Waals surface area contributed by atoms with Gasteiger partial charge in [0.1, 0.15) is 5.78 Å². The number of carboxylic acid groups (broad SMARTS) is 1. The fourth-order valence-corrected chi connectivity index (χ4v) is 9.05. The normalized spacial score (nSPS) is 41.5. The van der Waals surface area contributed by atoms with Crippen LogP contribution < -0.4 is 15.9 Å². The molecule has 4 aliphatic rings. The third-order valence-electron chi connectivity index (χ3n) is 11.6. The summed E-state index contributed by atoms with van der Waals surface area (Å²) in [5.41, 5.74) is 3.84. The van der Waals surface area contributed by atoms with Gasteiger partial charge in [-0.25, -0.2) is 9.18 Å². The van der Waals surface area contributed by atoms with E-state index in [1.165, 1.54) is 12.1 Å². The van der Waals surface area contributed by atoms with Crippen LogP contribution >= 0.6 is 0 Å². The molecule has 0 saturated heterocycles. The number of carbonyl (C=O) groups is 2. The van der Waals surface area contributed by atoms with Crippen LogP contribution in [0.25, 0.3) is 0 Å². The molecule has 1 aromatic rings. The van der Waals surface area contributed by atoms with Crippen molar-refractivity contribution < 1.29 is 38.6 Å². The average molecular weight is 557 g/mol. The van der Waals surface area contributed by atoms with E-state index in [1.54, 1.807) is 6.08 Å². The summed E-state index contributed by atoms with van der Waals surface area (Å²) in [4.78, 5) is 26.7. The number of carboxylic acids is 1. The van der Waals surface area contributed by atoms with Crippen molar-refractivity contribution in [3.63, 3.8) is 0 Å². The minimum atomic E-state index is -1.55. The number of aliphatic hydroxyl groups is 1. The van der Waals surface area contributed by atoms with Gasteiger partial charge in [-0.05, 0) is 60.0 Å². The molecule has 3 fully saturated rings. The number of hydrogen-bond donors (Lipinski definition) is 4. The van der Waals surface area contributed by atoms with Crippen molar-refractivity contribution in [3.8, 4) is 5.75 Å². The molecule has 0 aromatic heterocycles. The van der Waals surface area contributed by atoms with Crippen LogP contribution in [-0.2, 0) is 14.2 Å². The number of halogens is 1. The van der Waals surface area contributed by atoms with E-state index in [0.29, 0.717) is 18.4 Å². The summed E-state index contributed by atoms with van der Waals surface area (Å²) in [6.07, 6.45) is 1.39. The maximum absolute atomic E-state index is 15.8. The molecule has 2 unspecified atom stereocenters. The van der Waals surface area contributed by atoms with E-state index >= 15 is 4.39 Å². The van der Waals surface area contributed by atoms with E-state index in [4.69, 9.17) is 15.1 Å². The standard InChI is InChI=1S/C30H41BFNO7/c1-6-28(4)13-18(29(5)15(2)9-11-30(16(3)26(28)35)12-10-19(34)25(29)30)24(27(36)37)39-20-8-7-17-21(14-33)40-31(38)22(17)23(20)32/h6-8,15-16,18,21,24-26,35,38H,1,9-14,33H2,2-5H3,(H,36,37)/t15-,16-,18-,21?,24?,25-,26-,28+,29+,30-/m0/s1. The van der Waals surface area contributed by atoms with E-state index in [2.05, 4.69) is 13.5 Å². The Morgan fingerprint density at radius 3 is 2.67 bits per heavy atom. The number of aliphatic hydroxyl groups excluding tert-OH is 1. The van der Waals surface area contributed by atoms with Crippen LogP contribution in [0.2, 0.25) is 0 Å². The Morgan fingerprint density at radius 1 is 1.35 bits per heavy atom. The van der Waals surface area contributed by atoms with Gasteiger partial charge < -0.3 is 30.4 Å². The summed E-state index contributed by atoms with van der Waals surface area (Å²) >= 11 is 0. The number of ether oxygens (including phenoxy) is 1. The smallest absolute Gasteiger partial charge is 0.478 e. The van der Waals surface area contributed by atoms with E-state index in [0.717, 1.165) is 12.8 Å². The van der Waals surface area contributed by atoms with Crippen LogP contribution in [-0.4, -0.2) is 52.9 Å². The molecule has 1 heterocycles. The number of benzene rings is 1. The lowest BCUT2D eigenvalue weighted by atomic mass is 9.41. The molecule has 0 spiro atoms. The zero-order chi connectivity index (χ0) is 29.4. The Labute approximate surface area is 235 Å². The van der Waals surface area contributed by atoms with Crippen LogP contribution in [0.1, 0.15) is 71.5 Å². The Kier molecular flexibility index (Phi) is 7.26. The largest absolute Gasteiger partial charge is 0.495 e. The molecule has 1 aromatic carbocycles. The van der Waals surface area contributed by atoms with Gasteiger partial charge in [0, 0.05) is 35.7 Å². The van der Waals surface area contributed by atoms with Crippen LogP contribution in [0.5, 0.6) is 5.75 Å². The lowest BCUT2D eigenvalue weighted by molar-refractivity contribution is -0.193. The first-order valence-electron chi connectivity index (χ1n) is 14.4. The van der Waals surface area contributed by atoms with Crippen molar-refractivity contribution >= 4 is 24.3 Å². The molecular weight excluding hydrogens is 516 g/mol. The van der Waals surface area contributed by atoms with E-state index in [-0.39, 0.29) is 41.8 Å². The fraction of sp³-hybridized carbons (Fsp3) is 0.667. The number of carbonyl (C=O) groups excluding carboxylic acids is 1. The number of ketones is 1. The first-order valence-corrected chi connectivity index (χ1v) is 14.4. The number of rotatable bonds is 6. The predicted octanol–water partition coefficient (Wildman–Crippen LogP) is 2.99. The summed E-state index contributed by atoms with van der Waals surface area (Å²) < 4.78 is 27.2. The number of Topliss-reactive ketones (excluding diaryl/α,β-unsaturated/α-hetero) is 1. The van der Waals surface area contributed by atoms with Gasteiger partial charge in [-0.2, -0.15) is 0 Å². The molecule has 2 bridgehead atoms. The summed E-state index contributed by atoms with van der Waals surface area (Å²) in [6.45, 7) is 12.0. The summed E-state index contributed by atoms with van der Waals surface area (Å²) in [7, 11) is -1.55. The highest BCUT2D eigenvalue weighted by molar-refractivity contribution is 6.62. The third kappa shape index (κ3) is 3.93. The third-order valence-corrected chi connectivity index (χ3v) is 11.6. The molecule has 3 aliphatic carbocycles. The highest BCUT2D eigenvalue weighted by atomic mass is 19.1. The van der Waals surface area contributed by atoms with Gasteiger partial charge in [0.2, 0.25) is 0 Å². The van der Waals surface area contributed by atoms with Crippen LogP contribution in [0, 0.1) is 45.7 Å². The van der Waals surface area contributed by atoms with Crippen molar-refractivity contribution in [2.24, 2.45) is 45.7 Å². The monoisotopic (exact) mass is 557 g/mol. The fourth-order valence-electron chi connectivity index (χ4n) is 9.05. The Morgan fingerprint density at radius 2 is 2.05 bits per heavy atom. The van der Waals surface area contributed by atoms with Gasteiger partial charge >= 0.3 is 13.1 Å². The van der Waals surface area contributed by atoms with Crippen molar-refractivity contribution in [3.05, 3.63) is 36.2 Å². The average Bonchev–Trinajstić information content (AvgIpc) is 3.45. The van der Waals surface area contributed by atoms with Crippen LogP contribution in [0.4, 0.5) is 4.39 Å². The van der Waals surface area contributed by atoms with Gasteiger partial charge in [0.15, 0.2) is 17.7 Å². The van der Waals surface area contributed by atoms with Crippen molar-refractivity contribution in [1.82, 2.24) is 0 Å². The zero-order valence-corrected chi connectivity index (χ0v) is 23.7. The minimum absolute atomic E-state index is 0.0231.